The van der Waals surface area contributed by atoms with Crippen LogP contribution in [0.4, 0.5) is 5.13 Å². The number of nitrogens with one attached hydrogen (secondary N) is 1. The second-order valence-electron chi connectivity index (χ2n) is 5.47. The second-order valence-corrected chi connectivity index (χ2v) is 6.86. The maximum Gasteiger partial charge on any atom is 0.214 e. The first-order chi connectivity index (χ1) is 12.2. The van der Waals surface area contributed by atoms with E-state index < -0.39 is 0 Å². The van der Waals surface area contributed by atoms with Crippen molar-refractivity contribution in [3.05, 3.63) is 65.3 Å². The molecule has 0 bridgehead atoms. The molecule has 25 heavy (non-hydrogen) atoms. The van der Waals surface area contributed by atoms with Crippen molar-refractivity contribution in [1.82, 2.24) is 14.6 Å². The monoisotopic (exact) mass is 370 g/mol. The van der Waals surface area contributed by atoms with Gasteiger partial charge >= 0.3 is 0 Å². The molecule has 0 aliphatic carbocycles. The lowest BCUT2D eigenvalue weighted by Crippen LogP contribution is -1.99. The predicted molar refractivity (Wildman–Crippen MR) is 102 cm³/mol. The van der Waals surface area contributed by atoms with Gasteiger partial charge in [-0.1, -0.05) is 47.2 Å². The van der Waals surface area contributed by atoms with Crippen LogP contribution in [0.2, 0.25) is 5.02 Å². The highest BCUT2D eigenvalue weighted by molar-refractivity contribution is 7.20. The average Bonchev–Trinajstić information content (AvgIpc) is 3.20. The normalized spacial score (nSPS) is 11.0. The number of methoxy groups -OCH3 is 1. The van der Waals surface area contributed by atoms with E-state index >= 15 is 0 Å². The fourth-order valence-electron chi connectivity index (χ4n) is 2.45. The Morgan fingerprint density at radius 3 is 2.56 bits per heavy atom. The molecular weight excluding hydrogens is 356 g/mol. The molecule has 5 nitrogen and oxygen atoms in total. The molecule has 4 rings (SSSR count). The zero-order chi connectivity index (χ0) is 17.2. The first-order valence-electron chi connectivity index (χ1n) is 7.70. The van der Waals surface area contributed by atoms with Crippen molar-refractivity contribution in [2.45, 2.75) is 6.54 Å². The van der Waals surface area contributed by atoms with Crippen LogP contribution in [-0.4, -0.2) is 21.7 Å². The molecule has 0 spiro atoms. The van der Waals surface area contributed by atoms with Gasteiger partial charge in [-0.05, 0) is 29.8 Å². The van der Waals surface area contributed by atoms with Crippen LogP contribution < -0.4 is 10.1 Å². The molecule has 1 N–H and O–H groups in total. The highest BCUT2D eigenvalue weighted by atomic mass is 35.5. The molecule has 0 saturated heterocycles. The first-order valence-corrected chi connectivity index (χ1v) is 8.90. The van der Waals surface area contributed by atoms with E-state index in [1.807, 2.05) is 54.7 Å². The number of aromatic nitrogens is 3. The fourth-order valence-corrected chi connectivity index (χ4v) is 3.36. The lowest BCUT2D eigenvalue weighted by atomic mass is 10.2. The van der Waals surface area contributed by atoms with Gasteiger partial charge < -0.3 is 10.1 Å². The lowest BCUT2D eigenvalue weighted by Gasteiger charge is -2.04. The van der Waals surface area contributed by atoms with E-state index in [0.717, 1.165) is 32.7 Å². The van der Waals surface area contributed by atoms with Gasteiger partial charge in [0.05, 0.1) is 19.0 Å². The van der Waals surface area contributed by atoms with Crippen LogP contribution in [0.5, 0.6) is 5.75 Å². The Bertz CT molecular complexity index is 961. The minimum Gasteiger partial charge on any atom is -0.497 e. The van der Waals surface area contributed by atoms with E-state index in [2.05, 4.69) is 15.4 Å². The maximum atomic E-state index is 5.93. The van der Waals surface area contributed by atoms with E-state index in [4.69, 9.17) is 16.3 Å². The van der Waals surface area contributed by atoms with Gasteiger partial charge in [0, 0.05) is 17.1 Å². The molecule has 0 aliphatic heterocycles. The molecule has 0 unspecified atom stereocenters. The summed E-state index contributed by atoms with van der Waals surface area (Å²) in [5.74, 6) is 0.853. The summed E-state index contributed by atoms with van der Waals surface area (Å²) < 4.78 is 6.96. The van der Waals surface area contributed by atoms with Gasteiger partial charge in [0.15, 0.2) is 0 Å². The summed E-state index contributed by atoms with van der Waals surface area (Å²) in [6.45, 7) is 0.699. The fraction of sp³-hybridized carbons (Fsp3) is 0.111. The number of imidazole rings is 1. The molecule has 0 atom stereocenters. The number of hydrogen-bond donors (Lipinski definition) is 1. The maximum absolute atomic E-state index is 5.93. The topological polar surface area (TPSA) is 51.5 Å². The SMILES string of the molecule is COc1ccc(CNc2nn3cc(-c4ccc(Cl)cc4)nc3s2)cc1. The predicted octanol–water partition coefficient (Wildman–Crippen LogP) is 4.73. The van der Waals surface area contributed by atoms with Gasteiger partial charge in [-0.2, -0.15) is 0 Å². The molecule has 2 heterocycles. The van der Waals surface area contributed by atoms with Gasteiger partial charge in [0.25, 0.3) is 0 Å². The van der Waals surface area contributed by atoms with E-state index in [9.17, 15) is 0 Å². The van der Waals surface area contributed by atoms with Crippen LogP contribution in [0, 0.1) is 0 Å². The van der Waals surface area contributed by atoms with Crippen LogP contribution in [-0.2, 0) is 6.54 Å². The van der Waals surface area contributed by atoms with Gasteiger partial charge in [-0.15, -0.1) is 5.10 Å². The Balaban J connectivity index is 1.48. The van der Waals surface area contributed by atoms with E-state index in [-0.39, 0.29) is 0 Å². The summed E-state index contributed by atoms with van der Waals surface area (Å²) >= 11 is 7.45. The largest absolute Gasteiger partial charge is 0.497 e. The number of rotatable bonds is 5. The van der Waals surface area contributed by atoms with Crippen LogP contribution >= 0.6 is 22.9 Å². The van der Waals surface area contributed by atoms with Crippen LogP contribution in [0.3, 0.4) is 0 Å². The van der Waals surface area contributed by atoms with Crippen molar-refractivity contribution < 1.29 is 4.74 Å². The lowest BCUT2D eigenvalue weighted by molar-refractivity contribution is 0.414. The molecule has 126 valence electrons. The van der Waals surface area contributed by atoms with Crippen molar-refractivity contribution in [3.8, 4) is 17.0 Å². The molecule has 2 aromatic carbocycles. The Morgan fingerprint density at radius 1 is 1.12 bits per heavy atom. The van der Waals surface area contributed by atoms with E-state index in [0.29, 0.717) is 11.6 Å². The molecule has 2 aromatic heterocycles. The smallest absolute Gasteiger partial charge is 0.214 e. The number of benzene rings is 2. The Hall–Kier alpha value is -2.57. The third-order valence-corrected chi connectivity index (χ3v) is 4.92. The average molecular weight is 371 g/mol. The third-order valence-electron chi connectivity index (χ3n) is 3.79. The number of nitrogens with zero attached hydrogens (tertiary/aromatic N) is 3. The van der Waals surface area contributed by atoms with Gasteiger partial charge in [0.2, 0.25) is 10.1 Å². The zero-order valence-corrected chi connectivity index (χ0v) is 15.0. The molecule has 0 fully saturated rings. The molecule has 0 aliphatic rings. The van der Waals surface area contributed by atoms with E-state index in [1.54, 1.807) is 11.6 Å². The summed E-state index contributed by atoms with van der Waals surface area (Å²) in [6, 6.07) is 15.6. The van der Waals surface area contributed by atoms with Crippen molar-refractivity contribution in [1.29, 1.82) is 0 Å². The quantitative estimate of drug-likeness (QED) is 0.551. The minimum absolute atomic E-state index is 0.699. The molecule has 4 aromatic rings. The highest BCUT2D eigenvalue weighted by Gasteiger charge is 2.09. The van der Waals surface area contributed by atoms with Crippen molar-refractivity contribution >= 4 is 33.0 Å². The standard InChI is InChI=1S/C18H15ClN4OS/c1-24-15-8-2-12(3-9-15)10-20-17-22-23-11-16(21-18(23)25-17)13-4-6-14(19)7-5-13/h2-9,11H,10H2,1H3,(H,20,22). The molecule has 0 saturated carbocycles. The first kappa shape index (κ1) is 15.9. The summed E-state index contributed by atoms with van der Waals surface area (Å²) in [5, 5.41) is 9.41. The van der Waals surface area contributed by atoms with Crippen molar-refractivity contribution in [2.24, 2.45) is 0 Å². The number of anilines is 1. The molecule has 0 amide bonds. The van der Waals surface area contributed by atoms with Crippen molar-refractivity contribution in [2.75, 3.05) is 12.4 Å². The Kier molecular flexibility index (Phi) is 4.29. The van der Waals surface area contributed by atoms with Gasteiger partial charge in [-0.3, -0.25) is 0 Å². The summed E-state index contributed by atoms with van der Waals surface area (Å²) in [4.78, 5) is 5.48. The minimum atomic E-state index is 0.699. The summed E-state index contributed by atoms with van der Waals surface area (Å²) in [7, 11) is 1.66. The number of hydrogen-bond acceptors (Lipinski definition) is 5. The molecular formula is C18H15ClN4OS. The van der Waals surface area contributed by atoms with Crippen LogP contribution in [0.25, 0.3) is 16.2 Å². The molecule has 7 heteroatoms. The number of halogens is 1. The third kappa shape index (κ3) is 3.45. The van der Waals surface area contributed by atoms with E-state index in [1.165, 1.54) is 11.3 Å². The van der Waals surface area contributed by atoms with Crippen LogP contribution in [0.15, 0.2) is 54.7 Å². The second kappa shape index (κ2) is 6.74. The van der Waals surface area contributed by atoms with Crippen molar-refractivity contribution in [3.63, 3.8) is 0 Å². The van der Waals surface area contributed by atoms with Gasteiger partial charge in [0.1, 0.15) is 5.75 Å². The number of fused-ring (bicyclic) bond motifs is 1. The Labute approximate surface area is 153 Å². The summed E-state index contributed by atoms with van der Waals surface area (Å²) in [5.41, 5.74) is 3.07. The zero-order valence-electron chi connectivity index (χ0n) is 13.4. The highest BCUT2D eigenvalue weighted by Crippen LogP contribution is 2.25. The van der Waals surface area contributed by atoms with Crippen LogP contribution in [0.1, 0.15) is 5.56 Å². The molecule has 0 radical (unpaired) electrons. The summed E-state index contributed by atoms with van der Waals surface area (Å²) in [6.07, 6.45) is 1.92. The Morgan fingerprint density at radius 2 is 1.88 bits per heavy atom. The number of ether oxygens (including phenoxy) is 1. The van der Waals surface area contributed by atoms with Gasteiger partial charge in [-0.25, -0.2) is 9.50 Å².